The molecular formula is C33H8. The second-order valence-corrected chi connectivity index (χ2v) is 4.28. The van der Waals surface area contributed by atoms with Gasteiger partial charge in [-0.15, -0.1) is 0 Å². The van der Waals surface area contributed by atoms with E-state index in [-0.39, 0.29) is 0 Å². The molecule has 0 heteroatoms. The van der Waals surface area contributed by atoms with Crippen molar-refractivity contribution in [3.63, 3.8) is 0 Å². The van der Waals surface area contributed by atoms with Crippen LogP contribution in [0.5, 0.6) is 0 Å². The largest absolute Gasteiger partial charge is 0.0925 e. The third-order valence-electron chi connectivity index (χ3n) is 2.10. The van der Waals surface area contributed by atoms with Gasteiger partial charge in [-0.2, -0.15) is 0 Å². The zero-order valence-electron chi connectivity index (χ0n) is 17.7. The Labute approximate surface area is 197 Å². The minimum Gasteiger partial charge on any atom is -0.0925 e. The third-order valence-corrected chi connectivity index (χ3v) is 2.10. The van der Waals surface area contributed by atoms with E-state index >= 15 is 0 Å². The molecule has 0 saturated heterocycles. The average Bonchev–Trinajstić information content (AvgIpc) is 2.83. The van der Waals surface area contributed by atoms with Crippen molar-refractivity contribution in [3.8, 4) is 178 Å². The lowest BCUT2D eigenvalue weighted by molar-refractivity contribution is 1.57. The van der Waals surface area contributed by atoms with Gasteiger partial charge in [0.1, 0.15) is 0 Å². The van der Waals surface area contributed by atoms with Crippen molar-refractivity contribution in [3.05, 3.63) is 0 Å². The molecule has 0 heterocycles. The molecule has 0 aromatic carbocycles. The summed E-state index contributed by atoms with van der Waals surface area (Å²) in [4.78, 5) is 0. The molecule has 0 fully saturated rings. The summed E-state index contributed by atoms with van der Waals surface area (Å²) in [5, 5.41) is 0. The highest BCUT2D eigenvalue weighted by molar-refractivity contribution is 5.47. The van der Waals surface area contributed by atoms with Crippen LogP contribution in [0.3, 0.4) is 0 Å². The zero-order valence-corrected chi connectivity index (χ0v) is 17.7. The van der Waals surface area contributed by atoms with E-state index in [2.05, 4.69) is 178 Å². The third kappa shape index (κ3) is 25.4. The molecule has 0 saturated carbocycles. The molecule has 0 aromatic heterocycles. The predicted octanol–water partition coefficient (Wildman–Crippen LogP) is 1.47. The Morgan fingerprint density at radius 2 is 0.424 bits per heavy atom. The van der Waals surface area contributed by atoms with E-state index < -0.39 is 0 Å². The van der Waals surface area contributed by atoms with Gasteiger partial charge in [0.05, 0.1) is 6.42 Å². The highest BCUT2D eigenvalue weighted by atomic mass is 13.7. The molecule has 0 aliphatic carbocycles. The van der Waals surface area contributed by atoms with Gasteiger partial charge >= 0.3 is 0 Å². The molecular weight excluding hydrogens is 396 g/mol. The van der Waals surface area contributed by atoms with Crippen molar-refractivity contribution in [2.24, 2.45) is 0 Å². The Morgan fingerprint density at radius 1 is 0.242 bits per heavy atom. The summed E-state index contributed by atoms with van der Waals surface area (Å²) in [5.41, 5.74) is 0. The SMILES string of the molecule is CC#CC#CC#CC#CC#CC#CC#CC#CC#CC#CCC#CC#CC#CC#CC#CC. The Morgan fingerprint density at radius 3 is 0.636 bits per heavy atom. The number of hydrogen-bond acceptors (Lipinski definition) is 0. The second-order valence-electron chi connectivity index (χ2n) is 4.28. The molecule has 0 bridgehead atoms. The quantitative estimate of drug-likeness (QED) is 0.537. The lowest BCUT2D eigenvalue weighted by Crippen LogP contribution is -1.60. The topological polar surface area (TPSA) is 0 Å². The molecule has 0 spiro atoms. The first-order chi connectivity index (χ1) is 16.4. The maximum absolute atomic E-state index is 2.76. The van der Waals surface area contributed by atoms with Gasteiger partial charge in [-0.3, -0.25) is 0 Å². The minimum atomic E-state index is 0.339. The summed E-state index contributed by atoms with van der Waals surface area (Å²) in [7, 11) is 0. The molecule has 0 atom stereocenters. The monoisotopic (exact) mass is 404 g/mol. The van der Waals surface area contributed by atoms with Crippen LogP contribution >= 0.6 is 0 Å². The van der Waals surface area contributed by atoms with E-state index in [1.54, 1.807) is 13.8 Å². The van der Waals surface area contributed by atoms with Gasteiger partial charge in [0.2, 0.25) is 0 Å². The zero-order chi connectivity index (χ0) is 23.9. The normalized spacial score (nSPS) is 4.18. The maximum Gasteiger partial charge on any atom is 0.0723 e. The van der Waals surface area contributed by atoms with Crippen molar-refractivity contribution < 1.29 is 0 Å². The van der Waals surface area contributed by atoms with E-state index in [1.807, 2.05) is 0 Å². The van der Waals surface area contributed by atoms with Crippen LogP contribution in [0.2, 0.25) is 0 Å². The fourth-order valence-corrected chi connectivity index (χ4v) is 1.03. The molecule has 0 unspecified atom stereocenters. The summed E-state index contributed by atoms with van der Waals surface area (Å²) in [6, 6.07) is 0. The standard InChI is InChI=1S/C33H8/c1-3-5-7-9-11-13-15-17-19-21-23-25-27-29-31-33-32-30-28-26-24-22-20-18-16-14-12-10-8-6-4-2/h23H2,1-2H3. The molecule has 0 N–H and O–H groups in total. The van der Waals surface area contributed by atoms with Crippen molar-refractivity contribution in [2.75, 3.05) is 0 Å². The van der Waals surface area contributed by atoms with E-state index in [9.17, 15) is 0 Å². The molecule has 0 rings (SSSR count). The predicted molar refractivity (Wildman–Crippen MR) is 133 cm³/mol. The Hall–Kier alpha value is -6.60. The lowest BCUT2D eigenvalue weighted by atomic mass is 10.4. The molecule has 0 radical (unpaired) electrons. The van der Waals surface area contributed by atoms with Gasteiger partial charge in [0, 0.05) is 11.8 Å². The first kappa shape index (κ1) is 26.4. The minimum absolute atomic E-state index is 0.339. The van der Waals surface area contributed by atoms with Crippen LogP contribution < -0.4 is 0 Å². The van der Waals surface area contributed by atoms with Crippen molar-refractivity contribution in [1.82, 2.24) is 0 Å². The first-order valence-corrected chi connectivity index (χ1v) is 8.71. The summed E-state index contributed by atoms with van der Waals surface area (Å²) < 4.78 is 0. The smallest absolute Gasteiger partial charge is 0.0723 e. The molecule has 0 nitrogen and oxygen atoms in total. The van der Waals surface area contributed by atoms with Gasteiger partial charge in [0.25, 0.3) is 0 Å². The average molecular weight is 404 g/mol. The van der Waals surface area contributed by atoms with E-state index in [4.69, 9.17) is 0 Å². The van der Waals surface area contributed by atoms with Crippen LogP contribution in [0.4, 0.5) is 0 Å². The highest BCUT2D eigenvalue weighted by Gasteiger charge is 1.64. The summed E-state index contributed by atoms with van der Waals surface area (Å²) in [6.07, 6.45) is 0.339. The first-order valence-electron chi connectivity index (χ1n) is 8.71. The van der Waals surface area contributed by atoms with Gasteiger partial charge in [-0.1, -0.05) is 23.7 Å². The Bertz CT molecular complexity index is 1710. The van der Waals surface area contributed by atoms with Crippen LogP contribution in [0, 0.1) is 178 Å². The fraction of sp³-hybridized carbons (Fsp3) is 0.0909. The Balaban J connectivity index is 4.38. The lowest BCUT2D eigenvalue weighted by Gasteiger charge is -1.64. The van der Waals surface area contributed by atoms with Gasteiger partial charge in [-0.05, 0) is 156 Å². The second kappa shape index (κ2) is 25.4. The number of hydrogen-bond donors (Lipinski definition) is 0. The summed E-state index contributed by atoms with van der Waals surface area (Å²) in [5.74, 6) is 76.8. The van der Waals surface area contributed by atoms with Crippen LogP contribution in [0.15, 0.2) is 0 Å². The molecule has 0 amide bonds. The number of rotatable bonds is 0. The Kier molecular flexibility index (Phi) is 20.3. The van der Waals surface area contributed by atoms with E-state index in [0.29, 0.717) is 6.42 Å². The van der Waals surface area contributed by atoms with Crippen molar-refractivity contribution in [2.45, 2.75) is 20.3 Å². The fourth-order valence-electron chi connectivity index (χ4n) is 1.03. The van der Waals surface area contributed by atoms with Crippen LogP contribution in [0.25, 0.3) is 0 Å². The van der Waals surface area contributed by atoms with Crippen LogP contribution in [-0.2, 0) is 0 Å². The molecule has 0 aliphatic heterocycles. The van der Waals surface area contributed by atoms with Gasteiger partial charge < -0.3 is 0 Å². The van der Waals surface area contributed by atoms with Gasteiger partial charge in [0.15, 0.2) is 0 Å². The molecule has 33 heavy (non-hydrogen) atoms. The maximum atomic E-state index is 2.76. The highest BCUT2D eigenvalue weighted by Crippen LogP contribution is 1.68. The van der Waals surface area contributed by atoms with Gasteiger partial charge in [-0.25, -0.2) is 0 Å². The molecule has 0 aromatic rings. The van der Waals surface area contributed by atoms with Crippen LogP contribution in [-0.4, -0.2) is 0 Å². The van der Waals surface area contributed by atoms with Crippen LogP contribution in [0.1, 0.15) is 20.3 Å². The molecule has 0 aliphatic rings. The summed E-state index contributed by atoms with van der Waals surface area (Å²) >= 11 is 0. The van der Waals surface area contributed by atoms with E-state index in [0.717, 1.165) is 0 Å². The summed E-state index contributed by atoms with van der Waals surface area (Å²) in [6.45, 7) is 3.39. The van der Waals surface area contributed by atoms with Crippen molar-refractivity contribution >= 4 is 0 Å². The molecule has 140 valence electrons. The van der Waals surface area contributed by atoms with Crippen molar-refractivity contribution in [1.29, 1.82) is 0 Å². The van der Waals surface area contributed by atoms with E-state index in [1.165, 1.54) is 0 Å².